The van der Waals surface area contributed by atoms with Gasteiger partial charge in [0.1, 0.15) is 7.85 Å². The lowest BCUT2D eigenvalue weighted by Gasteiger charge is -2.26. The van der Waals surface area contributed by atoms with Gasteiger partial charge in [0.25, 0.3) is 0 Å². The van der Waals surface area contributed by atoms with Crippen LogP contribution in [-0.4, -0.2) is 13.0 Å². The molecule has 1 aromatic carbocycles. The van der Waals surface area contributed by atoms with Crippen LogP contribution >= 0.6 is 0 Å². The lowest BCUT2D eigenvalue weighted by molar-refractivity contribution is 0.0849. The van der Waals surface area contributed by atoms with Crippen molar-refractivity contribution in [2.45, 2.75) is 38.2 Å². The van der Waals surface area contributed by atoms with E-state index in [4.69, 9.17) is 0 Å². The number of rotatable bonds is 2. The second kappa shape index (κ2) is 4.85. The lowest BCUT2D eigenvalue weighted by Crippen LogP contribution is -2.16. The molecule has 80 valence electrons. The molecule has 0 aromatic heterocycles. The summed E-state index contributed by atoms with van der Waals surface area (Å²) in [6, 6.07) is 8.30. The van der Waals surface area contributed by atoms with Crippen LogP contribution in [0.1, 0.15) is 43.8 Å². The van der Waals surface area contributed by atoms with Gasteiger partial charge in [-0.2, -0.15) is 0 Å². The molecule has 2 heteroatoms. The van der Waals surface area contributed by atoms with Crippen LogP contribution < -0.4 is 5.46 Å². The third kappa shape index (κ3) is 2.63. The van der Waals surface area contributed by atoms with Crippen LogP contribution in [0.15, 0.2) is 24.3 Å². The minimum Gasteiger partial charge on any atom is -0.388 e. The van der Waals surface area contributed by atoms with E-state index in [0.29, 0.717) is 5.92 Å². The number of hydrogen-bond donors (Lipinski definition) is 1. The SMILES string of the molecule is Bc1ccc(C(O)C2CCCCC2)cc1. The summed E-state index contributed by atoms with van der Waals surface area (Å²) in [5.74, 6) is 0.487. The molecule has 1 aliphatic rings. The first kappa shape index (κ1) is 10.8. The van der Waals surface area contributed by atoms with Gasteiger partial charge >= 0.3 is 0 Å². The zero-order chi connectivity index (χ0) is 10.7. The Hall–Kier alpha value is -0.755. The molecule has 0 radical (unpaired) electrons. The fraction of sp³-hybridized carbons (Fsp3) is 0.538. The predicted molar refractivity (Wildman–Crippen MR) is 66.2 cm³/mol. The smallest absolute Gasteiger partial charge is 0.139 e. The zero-order valence-electron chi connectivity index (χ0n) is 9.45. The van der Waals surface area contributed by atoms with Gasteiger partial charge in [-0.1, -0.05) is 49.0 Å². The molecule has 1 nitrogen and oxygen atoms in total. The van der Waals surface area contributed by atoms with E-state index in [1.165, 1.54) is 37.6 Å². The Kier molecular flexibility index (Phi) is 3.47. The summed E-state index contributed by atoms with van der Waals surface area (Å²) in [5, 5.41) is 10.2. The quantitative estimate of drug-likeness (QED) is 0.721. The van der Waals surface area contributed by atoms with Gasteiger partial charge in [0, 0.05) is 0 Å². The third-order valence-corrected chi connectivity index (χ3v) is 3.52. The monoisotopic (exact) mass is 202 g/mol. The van der Waals surface area contributed by atoms with Gasteiger partial charge < -0.3 is 5.11 Å². The maximum Gasteiger partial charge on any atom is 0.139 e. The van der Waals surface area contributed by atoms with Crippen LogP contribution in [-0.2, 0) is 0 Å². The van der Waals surface area contributed by atoms with E-state index in [9.17, 15) is 5.11 Å². The average Bonchev–Trinajstić information content (AvgIpc) is 2.30. The molecule has 2 rings (SSSR count). The molecule has 1 N–H and O–H groups in total. The summed E-state index contributed by atoms with van der Waals surface area (Å²) in [7, 11) is 2.08. The van der Waals surface area contributed by atoms with E-state index >= 15 is 0 Å². The van der Waals surface area contributed by atoms with Crippen LogP contribution in [0.5, 0.6) is 0 Å². The Morgan fingerprint density at radius 3 is 2.27 bits per heavy atom. The van der Waals surface area contributed by atoms with E-state index in [-0.39, 0.29) is 6.10 Å². The van der Waals surface area contributed by atoms with Crippen molar-refractivity contribution in [3.05, 3.63) is 29.8 Å². The first-order valence-corrected chi connectivity index (χ1v) is 6.02. The number of aliphatic hydroxyl groups excluding tert-OH is 1. The highest BCUT2D eigenvalue weighted by Gasteiger charge is 2.22. The molecule has 1 fully saturated rings. The summed E-state index contributed by atoms with van der Waals surface area (Å²) in [4.78, 5) is 0. The van der Waals surface area contributed by atoms with Crippen LogP contribution in [0.2, 0.25) is 0 Å². The van der Waals surface area contributed by atoms with Crippen LogP contribution in [0.4, 0.5) is 0 Å². The number of hydrogen-bond acceptors (Lipinski definition) is 1. The summed E-state index contributed by atoms with van der Waals surface area (Å²) >= 11 is 0. The number of benzene rings is 1. The first-order valence-electron chi connectivity index (χ1n) is 6.02. The van der Waals surface area contributed by atoms with Crippen molar-refractivity contribution in [3.63, 3.8) is 0 Å². The molecule has 1 aromatic rings. The highest BCUT2D eigenvalue weighted by atomic mass is 16.3. The van der Waals surface area contributed by atoms with Crippen molar-refractivity contribution in [3.8, 4) is 0 Å². The van der Waals surface area contributed by atoms with Gasteiger partial charge in [0.15, 0.2) is 0 Å². The summed E-state index contributed by atoms with van der Waals surface area (Å²) in [5.41, 5.74) is 2.35. The lowest BCUT2D eigenvalue weighted by atomic mass is 9.82. The predicted octanol–water partition coefficient (Wildman–Crippen LogP) is 1.56. The molecule has 0 saturated heterocycles. The Bertz CT molecular complexity index is 301. The van der Waals surface area contributed by atoms with Crippen molar-refractivity contribution in [2.75, 3.05) is 0 Å². The van der Waals surface area contributed by atoms with Crippen LogP contribution in [0.25, 0.3) is 0 Å². The summed E-state index contributed by atoms with van der Waals surface area (Å²) < 4.78 is 0. The van der Waals surface area contributed by atoms with Gasteiger partial charge in [-0.3, -0.25) is 0 Å². The summed E-state index contributed by atoms with van der Waals surface area (Å²) in [6.07, 6.45) is 6.05. The van der Waals surface area contributed by atoms with Gasteiger partial charge in [-0.25, -0.2) is 0 Å². The standard InChI is InChI=1S/C13H19BO/c14-12-8-6-11(7-9-12)13(15)10-4-2-1-3-5-10/h6-10,13,15H,1-5,14H2. The number of aliphatic hydroxyl groups is 1. The second-order valence-electron chi connectivity index (χ2n) is 4.75. The van der Waals surface area contributed by atoms with Gasteiger partial charge in [0.05, 0.1) is 6.10 Å². The molecular weight excluding hydrogens is 183 g/mol. The highest BCUT2D eigenvalue weighted by Crippen LogP contribution is 2.33. The Balaban J connectivity index is 2.05. The molecule has 0 heterocycles. The van der Waals surface area contributed by atoms with Gasteiger partial charge in [-0.15, -0.1) is 0 Å². The van der Waals surface area contributed by atoms with Crippen molar-refractivity contribution < 1.29 is 5.11 Å². The Labute approximate surface area is 92.9 Å². The zero-order valence-corrected chi connectivity index (χ0v) is 9.45. The van der Waals surface area contributed by atoms with E-state index in [0.717, 1.165) is 5.56 Å². The largest absolute Gasteiger partial charge is 0.388 e. The Morgan fingerprint density at radius 2 is 1.67 bits per heavy atom. The second-order valence-corrected chi connectivity index (χ2v) is 4.75. The molecule has 15 heavy (non-hydrogen) atoms. The minimum absolute atomic E-state index is 0.245. The van der Waals surface area contributed by atoms with Gasteiger partial charge in [0.2, 0.25) is 0 Å². The topological polar surface area (TPSA) is 20.2 Å². The van der Waals surface area contributed by atoms with E-state index in [1.807, 2.05) is 0 Å². The molecule has 1 aliphatic carbocycles. The minimum atomic E-state index is -0.245. The van der Waals surface area contributed by atoms with Crippen LogP contribution in [0.3, 0.4) is 0 Å². The molecule has 1 saturated carbocycles. The molecule has 1 unspecified atom stereocenters. The van der Waals surface area contributed by atoms with E-state index in [2.05, 4.69) is 32.1 Å². The first-order chi connectivity index (χ1) is 7.27. The molecule has 0 spiro atoms. The average molecular weight is 202 g/mol. The molecular formula is C13H19BO. The van der Waals surface area contributed by atoms with E-state index in [1.54, 1.807) is 0 Å². The van der Waals surface area contributed by atoms with E-state index < -0.39 is 0 Å². The normalized spacial score (nSPS) is 20.1. The van der Waals surface area contributed by atoms with Crippen molar-refractivity contribution in [1.29, 1.82) is 0 Å². The highest BCUT2D eigenvalue weighted by molar-refractivity contribution is 6.32. The molecule has 0 bridgehead atoms. The maximum absolute atomic E-state index is 10.2. The van der Waals surface area contributed by atoms with Crippen molar-refractivity contribution in [1.82, 2.24) is 0 Å². The van der Waals surface area contributed by atoms with Crippen molar-refractivity contribution >= 4 is 13.3 Å². The fourth-order valence-electron chi connectivity index (χ4n) is 2.49. The van der Waals surface area contributed by atoms with Gasteiger partial charge in [-0.05, 0) is 24.3 Å². The third-order valence-electron chi connectivity index (χ3n) is 3.52. The molecule has 0 amide bonds. The molecule has 0 aliphatic heterocycles. The van der Waals surface area contributed by atoms with Crippen molar-refractivity contribution in [2.24, 2.45) is 5.92 Å². The Morgan fingerprint density at radius 1 is 1.07 bits per heavy atom. The summed E-state index contributed by atoms with van der Waals surface area (Å²) in [6.45, 7) is 0. The maximum atomic E-state index is 10.2. The fourth-order valence-corrected chi connectivity index (χ4v) is 2.49. The molecule has 1 atom stereocenters. The van der Waals surface area contributed by atoms with Crippen LogP contribution in [0, 0.1) is 5.92 Å².